The van der Waals surface area contributed by atoms with Crippen molar-refractivity contribution in [2.45, 2.75) is 50.6 Å². The Labute approximate surface area is 118 Å². The van der Waals surface area contributed by atoms with E-state index in [1.807, 2.05) is 23.7 Å². The molecule has 4 rings (SSSR count). The van der Waals surface area contributed by atoms with Crippen LogP contribution in [0.25, 0.3) is 5.65 Å². The third kappa shape index (κ3) is 1.86. The second-order valence-electron chi connectivity index (χ2n) is 6.11. The third-order valence-corrected chi connectivity index (χ3v) is 4.78. The second-order valence-corrected chi connectivity index (χ2v) is 6.11. The van der Waals surface area contributed by atoms with Gasteiger partial charge in [0.15, 0.2) is 5.82 Å². The number of rotatable bonds is 2. The first-order chi connectivity index (χ1) is 9.76. The third-order valence-electron chi connectivity index (χ3n) is 4.78. The predicted octanol–water partition coefficient (Wildman–Crippen LogP) is 1.52. The minimum atomic E-state index is 0.393. The molecule has 1 atom stereocenters. The van der Waals surface area contributed by atoms with Crippen LogP contribution in [-0.4, -0.2) is 37.7 Å². The molecule has 2 aromatic heterocycles. The summed E-state index contributed by atoms with van der Waals surface area (Å²) in [6.45, 7) is 3.05. The average Bonchev–Trinajstić information content (AvgIpc) is 2.81. The van der Waals surface area contributed by atoms with Gasteiger partial charge in [-0.3, -0.25) is 4.40 Å². The normalized spacial score (nSPS) is 24.8. The molecule has 2 aromatic rings. The van der Waals surface area contributed by atoms with E-state index in [0.717, 1.165) is 30.3 Å². The lowest BCUT2D eigenvalue weighted by Gasteiger charge is -2.48. The Balaban J connectivity index is 1.58. The topological polar surface area (TPSA) is 67.1 Å². The van der Waals surface area contributed by atoms with E-state index >= 15 is 0 Å². The summed E-state index contributed by atoms with van der Waals surface area (Å²) in [5, 5.41) is 15.6. The summed E-state index contributed by atoms with van der Waals surface area (Å²) in [4.78, 5) is 4.45. The van der Waals surface area contributed by atoms with Crippen molar-refractivity contribution in [3.8, 4) is 0 Å². The molecule has 20 heavy (non-hydrogen) atoms. The number of aromatic nitrogens is 4. The van der Waals surface area contributed by atoms with Gasteiger partial charge in [0.05, 0.1) is 0 Å². The number of piperidine rings is 1. The molecule has 0 bridgehead atoms. The van der Waals surface area contributed by atoms with Gasteiger partial charge in [0, 0.05) is 24.0 Å². The van der Waals surface area contributed by atoms with Crippen LogP contribution in [-0.2, 0) is 0 Å². The first-order valence-corrected chi connectivity index (χ1v) is 7.44. The summed E-state index contributed by atoms with van der Waals surface area (Å²) in [7, 11) is 0. The molecule has 0 aromatic carbocycles. The van der Waals surface area contributed by atoms with E-state index in [1.165, 1.54) is 25.7 Å². The molecule has 106 valence electrons. The molecule has 2 aliphatic rings. The Hall–Kier alpha value is -1.69. The summed E-state index contributed by atoms with van der Waals surface area (Å²) < 4.78 is 1.98. The number of hydrogen-bond donors (Lipinski definition) is 2. The van der Waals surface area contributed by atoms with Gasteiger partial charge >= 0.3 is 0 Å². The van der Waals surface area contributed by atoms with E-state index in [4.69, 9.17) is 0 Å². The highest BCUT2D eigenvalue weighted by Crippen LogP contribution is 2.38. The molecule has 2 N–H and O–H groups in total. The van der Waals surface area contributed by atoms with E-state index in [0.29, 0.717) is 11.6 Å². The zero-order valence-electron chi connectivity index (χ0n) is 11.8. The van der Waals surface area contributed by atoms with E-state index in [1.54, 1.807) is 0 Å². The van der Waals surface area contributed by atoms with Crippen LogP contribution < -0.4 is 10.6 Å². The van der Waals surface area contributed by atoms with Crippen molar-refractivity contribution in [2.75, 3.05) is 11.9 Å². The Morgan fingerprint density at radius 2 is 2.30 bits per heavy atom. The van der Waals surface area contributed by atoms with Gasteiger partial charge in [0.1, 0.15) is 5.82 Å². The van der Waals surface area contributed by atoms with Gasteiger partial charge in [-0.05, 0) is 45.6 Å². The molecular weight excluding hydrogens is 252 g/mol. The molecular formula is C14H20N6. The van der Waals surface area contributed by atoms with Crippen LogP contribution in [0, 0.1) is 6.92 Å². The molecule has 1 saturated heterocycles. The maximum absolute atomic E-state index is 4.45. The summed E-state index contributed by atoms with van der Waals surface area (Å²) in [5.41, 5.74) is 1.22. The van der Waals surface area contributed by atoms with Gasteiger partial charge < -0.3 is 10.6 Å². The number of fused-ring (bicyclic) bond motifs is 1. The predicted molar refractivity (Wildman–Crippen MR) is 76.7 cm³/mol. The van der Waals surface area contributed by atoms with E-state index in [2.05, 4.69) is 25.8 Å². The molecule has 1 unspecified atom stereocenters. The van der Waals surface area contributed by atoms with Crippen molar-refractivity contribution < 1.29 is 0 Å². The minimum Gasteiger partial charge on any atom is -0.364 e. The standard InChI is InChI=1S/C14H20N6/c1-10-18-19-13-12(15-7-8-20(10)13)17-11-3-6-16-14(9-11)4-2-5-14/h7-8,11,16H,2-6,9H2,1H3,(H,15,17). The molecule has 6 heteroatoms. The zero-order valence-corrected chi connectivity index (χ0v) is 11.8. The van der Waals surface area contributed by atoms with E-state index < -0.39 is 0 Å². The van der Waals surface area contributed by atoms with Crippen molar-refractivity contribution in [1.82, 2.24) is 24.9 Å². The Kier molecular flexibility index (Phi) is 2.66. The highest BCUT2D eigenvalue weighted by Gasteiger charge is 2.41. The highest BCUT2D eigenvalue weighted by atomic mass is 15.3. The second kappa shape index (κ2) is 4.41. The van der Waals surface area contributed by atoms with Crippen LogP contribution in [0.3, 0.4) is 0 Å². The van der Waals surface area contributed by atoms with E-state index in [-0.39, 0.29) is 0 Å². The number of hydrogen-bond acceptors (Lipinski definition) is 5. The number of nitrogens with one attached hydrogen (secondary N) is 2. The fourth-order valence-corrected chi connectivity index (χ4v) is 3.50. The molecule has 1 aliphatic carbocycles. The van der Waals surface area contributed by atoms with Gasteiger partial charge in [-0.15, -0.1) is 10.2 Å². The van der Waals surface area contributed by atoms with Crippen LogP contribution in [0.1, 0.15) is 37.9 Å². The molecule has 0 radical (unpaired) electrons. The van der Waals surface area contributed by atoms with Crippen LogP contribution >= 0.6 is 0 Å². The first kappa shape index (κ1) is 12.1. The summed E-state index contributed by atoms with van der Waals surface area (Å²) in [5.74, 6) is 1.75. The first-order valence-electron chi connectivity index (χ1n) is 7.44. The van der Waals surface area contributed by atoms with Crippen molar-refractivity contribution in [3.05, 3.63) is 18.2 Å². The van der Waals surface area contributed by atoms with Gasteiger partial charge in [-0.1, -0.05) is 0 Å². The van der Waals surface area contributed by atoms with Gasteiger partial charge in [0.2, 0.25) is 5.65 Å². The lowest BCUT2D eigenvalue weighted by Crippen LogP contribution is -2.58. The fourth-order valence-electron chi connectivity index (χ4n) is 3.50. The zero-order chi connectivity index (χ0) is 13.6. The monoisotopic (exact) mass is 272 g/mol. The largest absolute Gasteiger partial charge is 0.364 e. The molecule has 1 saturated carbocycles. The number of nitrogens with zero attached hydrogens (tertiary/aromatic N) is 4. The van der Waals surface area contributed by atoms with Crippen LogP contribution in [0.5, 0.6) is 0 Å². The van der Waals surface area contributed by atoms with Crippen LogP contribution in [0.4, 0.5) is 5.82 Å². The smallest absolute Gasteiger partial charge is 0.203 e. The number of aryl methyl sites for hydroxylation is 1. The highest BCUT2D eigenvalue weighted by molar-refractivity contribution is 5.62. The Morgan fingerprint density at radius 1 is 1.40 bits per heavy atom. The Morgan fingerprint density at radius 3 is 3.10 bits per heavy atom. The molecule has 1 aliphatic heterocycles. The van der Waals surface area contributed by atoms with Crippen molar-refractivity contribution >= 4 is 11.5 Å². The minimum absolute atomic E-state index is 0.393. The summed E-state index contributed by atoms with van der Waals surface area (Å²) in [6.07, 6.45) is 10.0. The van der Waals surface area contributed by atoms with Gasteiger partial charge in [-0.2, -0.15) is 0 Å². The van der Waals surface area contributed by atoms with Crippen molar-refractivity contribution in [1.29, 1.82) is 0 Å². The lowest BCUT2D eigenvalue weighted by molar-refractivity contribution is 0.135. The number of anilines is 1. The lowest BCUT2D eigenvalue weighted by atomic mass is 9.70. The maximum Gasteiger partial charge on any atom is 0.203 e. The molecule has 1 spiro atoms. The molecule has 6 nitrogen and oxygen atoms in total. The SMILES string of the molecule is Cc1nnc2c(NC3CCNC4(CCC4)C3)nccn12. The summed E-state index contributed by atoms with van der Waals surface area (Å²) >= 11 is 0. The van der Waals surface area contributed by atoms with E-state index in [9.17, 15) is 0 Å². The van der Waals surface area contributed by atoms with Crippen LogP contribution in [0.2, 0.25) is 0 Å². The van der Waals surface area contributed by atoms with Crippen molar-refractivity contribution in [2.24, 2.45) is 0 Å². The fraction of sp³-hybridized carbons (Fsp3) is 0.643. The average molecular weight is 272 g/mol. The Bertz CT molecular complexity index is 630. The molecule has 0 amide bonds. The van der Waals surface area contributed by atoms with Crippen LogP contribution in [0.15, 0.2) is 12.4 Å². The molecule has 3 heterocycles. The van der Waals surface area contributed by atoms with Gasteiger partial charge in [0.25, 0.3) is 0 Å². The van der Waals surface area contributed by atoms with Crippen molar-refractivity contribution in [3.63, 3.8) is 0 Å². The summed E-state index contributed by atoms with van der Waals surface area (Å²) in [6, 6.07) is 0.479. The quantitative estimate of drug-likeness (QED) is 0.867. The molecule has 2 fully saturated rings. The van der Waals surface area contributed by atoms with Gasteiger partial charge in [-0.25, -0.2) is 4.98 Å². The maximum atomic E-state index is 4.45.